The van der Waals surface area contributed by atoms with E-state index in [1.54, 1.807) is 0 Å². The molecule has 87 valence electrons. The molecule has 0 saturated carbocycles. The third kappa shape index (κ3) is 10.1. The number of rotatable bonds is 8. The van der Waals surface area contributed by atoms with Crippen LogP contribution in [0.25, 0.3) is 0 Å². The zero-order valence-corrected chi connectivity index (χ0v) is 12.8. The Morgan fingerprint density at radius 1 is 0.933 bits per heavy atom. The van der Waals surface area contributed by atoms with Gasteiger partial charge in [-0.15, -0.1) is 0 Å². The van der Waals surface area contributed by atoms with Gasteiger partial charge < -0.3 is 0 Å². The molecule has 0 amide bonds. The SMILES string of the molecule is CCCCC(=O)[O][Bi][O]C(=O)CCCC. The first-order valence-corrected chi connectivity index (χ1v) is 8.14. The van der Waals surface area contributed by atoms with Crippen molar-refractivity contribution >= 4 is 36.1 Å². The molecule has 0 atom stereocenters. The molecule has 0 fully saturated rings. The maximum absolute atomic E-state index is 11.0. The molecule has 4 nitrogen and oxygen atoms in total. The van der Waals surface area contributed by atoms with Crippen molar-refractivity contribution in [2.75, 3.05) is 0 Å². The molecular formula is C10H18BiO4. The zero-order valence-electron chi connectivity index (χ0n) is 9.32. The van der Waals surface area contributed by atoms with E-state index in [1.165, 1.54) is 0 Å². The summed E-state index contributed by atoms with van der Waals surface area (Å²) in [5.74, 6) is -0.450. The average Bonchev–Trinajstić information content (AvgIpc) is 2.23. The molecule has 0 heterocycles. The molecule has 0 aromatic rings. The quantitative estimate of drug-likeness (QED) is 0.574. The number of carbonyl (C=O) groups excluding carboxylic acids is 2. The van der Waals surface area contributed by atoms with Gasteiger partial charge in [-0.2, -0.15) is 0 Å². The van der Waals surface area contributed by atoms with Crippen LogP contribution in [0.4, 0.5) is 0 Å². The van der Waals surface area contributed by atoms with Crippen LogP contribution in [-0.2, 0) is 15.2 Å². The van der Waals surface area contributed by atoms with Gasteiger partial charge in [0.05, 0.1) is 0 Å². The Kier molecular flexibility index (Phi) is 10.2. The number of carbonyl (C=O) groups is 2. The molecule has 0 aliphatic heterocycles. The third-order valence-corrected chi connectivity index (χ3v) is 3.91. The van der Waals surface area contributed by atoms with Crippen LogP contribution in [0.3, 0.4) is 0 Å². The first kappa shape index (κ1) is 14.8. The van der Waals surface area contributed by atoms with Crippen molar-refractivity contribution in [1.29, 1.82) is 0 Å². The van der Waals surface area contributed by atoms with Crippen LogP contribution in [0.15, 0.2) is 0 Å². The molecule has 0 rings (SSSR count). The summed E-state index contributed by atoms with van der Waals surface area (Å²) in [6, 6.07) is 0. The van der Waals surface area contributed by atoms with Gasteiger partial charge in [0.2, 0.25) is 0 Å². The van der Waals surface area contributed by atoms with Crippen LogP contribution in [-0.4, -0.2) is 36.1 Å². The summed E-state index contributed by atoms with van der Waals surface area (Å²) >= 11 is -1.80. The number of unbranched alkanes of at least 4 members (excludes halogenated alkanes) is 2. The fourth-order valence-corrected chi connectivity index (χ4v) is 2.34. The Morgan fingerprint density at radius 3 is 1.67 bits per heavy atom. The second-order valence-electron chi connectivity index (χ2n) is 3.21. The molecule has 1 radical (unpaired) electrons. The van der Waals surface area contributed by atoms with Gasteiger partial charge in [-0.25, -0.2) is 0 Å². The summed E-state index contributed by atoms with van der Waals surface area (Å²) in [5, 5.41) is 0. The maximum atomic E-state index is 11.0. The molecule has 0 unspecified atom stereocenters. The van der Waals surface area contributed by atoms with Crippen LogP contribution < -0.4 is 0 Å². The van der Waals surface area contributed by atoms with Crippen LogP contribution in [0.5, 0.6) is 0 Å². The van der Waals surface area contributed by atoms with E-state index in [0.717, 1.165) is 25.7 Å². The minimum absolute atomic E-state index is 0.225. The molecule has 0 spiro atoms. The second-order valence-corrected chi connectivity index (χ2v) is 5.21. The summed E-state index contributed by atoms with van der Waals surface area (Å²) < 4.78 is 9.79. The predicted octanol–water partition coefficient (Wildman–Crippen LogP) is 1.99. The van der Waals surface area contributed by atoms with Gasteiger partial charge >= 0.3 is 104 Å². The Balaban J connectivity index is 3.36. The summed E-state index contributed by atoms with van der Waals surface area (Å²) in [5.41, 5.74) is 0. The number of hydrogen-bond acceptors (Lipinski definition) is 4. The van der Waals surface area contributed by atoms with Crippen LogP contribution in [0.1, 0.15) is 52.4 Å². The summed E-state index contributed by atoms with van der Waals surface area (Å²) in [6.45, 7) is 4.03. The molecule has 15 heavy (non-hydrogen) atoms. The van der Waals surface area contributed by atoms with Crippen molar-refractivity contribution in [3.8, 4) is 0 Å². The zero-order chi connectivity index (χ0) is 11.5. The van der Waals surface area contributed by atoms with Crippen molar-refractivity contribution in [3.05, 3.63) is 0 Å². The molecular weight excluding hydrogens is 393 g/mol. The average molecular weight is 411 g/mol. The Labute approximate surface area is 104 Å². The topological polar surface area (TPSA) is 52.6 Å². The molecule has 0 aliphatic rings. The van der Waals surface area contributed by atoms with Crippen molar-refractivity contribution < 1.29 is 15.2 Å². The van der Waals surface area contributed by atoms with E-state index in [1.807, 2.05) is 13.8 Å². The molecule has 0 aliphatic carbocycles. The Hall–Kier alpha value is -0.177. The van der Waals surface area contributed by atoms with Gasteiger partial charge in [0.15, 0.2) is 0 Å². The minimum atomic E-state index is -1.80. The van der Waals surface area contributed by atoms with Gasteiger partial charge in [-0.3, -0.25) is 0 Å². The Morgan fingerprint density at radius 2 is 1.33 bits per heavy atom. The fraction of sp³-hybridized carbons (Fsp3) is 0.800. The summed E-state index contributed by atoms with van der Waals surface area (Å²) in [4.78, 5) is 22.1. The van der Waals surface area contributed by atoms with E-state index < -0.39 is 24.1 Å². The Bertz CT molecular complexity index is 174. The van der Waals surface area contributed by atoms with Crippen molar-refractivity contribution in [2.24, 2.45) is 0 Å². The second kappa shape index (κ2) is 10.3. The predicted molar refractivity (Wildman–Crippen MR) is 57.0 cm³/mol. The standard InChI is InChI=1S/2C5H10O2.Bi/c2*1-2-3-4-5(6)7;/h2*2-4H2,1H3,(H,6,7);/q;;+2/p-2. The molecule has 0 bridgehead atoms. The molecule has 0 aromatic carbocycles. The van der Waals surface area contributed by atoms with Gasteiger partial charge in [0.25, 0.3) is 0 Å². The van der Waals surface area contributed by atoms with Gasteiger partial charge in [-0.05, 0) is 0 Å². The molecule has 0 N–H and O–H groups in total. The van der Waals surface area contributed by atoms with Gasteiger partial charge in [-0.1, -0.05) is 0 Å². The van der Waals surface area contributed by atoms with Crippen LogP contribution in [0, 0.1) is 0 Å². The van der Waals surface area contributed by atoms with E-state index >= 15 is 0 Å². The normalized spacial score (nSPS) is 9.73. The van der Waals surface area contributed by atoms with Crippen LogP contribution in [0.2, 0.25) is 0 Å². The van der Waals surface area contributed by atoms with E-state index in [4.69, 9.17) is 5.63 Å². The van der Waals surface area contributed by atoms with Gasteiger partial charge in [0.1, 0.15) is 0 Å². The first-order valence-electron chi connectivity index (χ1n) is 5.30. The van der Waals surface area contributed by atoms with E-state index in [-0.39, 0.29) is 11.9 Å². The monoisotopic (exact) mass is 411 g/mol. The van der Waals surface area contributed by atoms with Crippen LogP contribution >= 0.6 is 0 Å². The third-order valence-electron chi connectivity index (χ3n) is 1.75. The van der Waals surface area contributed by atoms with Crippen molar-refractivity contribution in [3.63, 3.8) is 0 Å². The summed E-state index contributed by atoms with van der Waals surface area (Å²) in [6.07, 6.45) is 4.49. The molecule has 0 aromatic heterocycles. The number of hydrogen-bond donors (Lipinski definition) is 0. The van der Waals surface area contributed by atoms with Gasteiger partial charge in [0, 0.05) is 0 Å². The van der Waals surface area contributed by atoms with Crippen molar-refractivity contribution in [2.45, 2.75) is 52.4 Å². The first-order chi connectivity index (χ1) is 7.20. The fourth-order valence-electron chi connectivity index (χ4n) is 0.835. The molecule has 5 heteroatoms. The molecule has 0 saturated heterocycles. The van der Waals surface area contributed by atoms with E-state index in [0.29, 0.717) is 12.8 Å². The summed E-state index contributed by atoms with van der Waals surface area (Å²) in [7, 11) is 0. The van der Waals surface area contributed by atoms with Crippen molar-refractivity contribution in [1.82, 2.24) is 0 Å². The van der Waals surface area contributed by atoms with E-state index in [2.05, 4.69) is 0 Å². The van der Waals surface area contributed by atoms with E-state index in [9.17, 15) is 9.59 Å².